The molecule has 0 aliphatic rings. The third-order valence-electron chi connectivity index (χ3n) is 4.32. The predicted octanol–water partition coefficient (Wildman–Crippen LogP) is 2.43. The number of carbonyl (C=O) groups excluding carboxylic acids is 1. The summed E-state index contributed by atoms with van der Waals surface area (Å²) in [4.78, 5) is 24.8. The van der Waals surface area contributed by atoms with Crippen LogP contribution in [0.3, 0.4) is 0 Å². The SMILES string of the molecule is CN(C(=O)CCc1cn(C)c2ccccc12)C(C)(C)C(=O)O. The zero-order chi connectivity index (χ0) is 16.5. The van der Waals surface area contributed by atoms with Crippen LogP contribution in [0.2, 0.25) is 0 Å². The molecule has 0 aliphatic carbocycles. The summed E-state index contributed by atoms with van der Waals surface area (Å²) >= 11 is 0. The van der Waals surface area contributed by atoms with Gasteiger partial charge in [0.15, 0.2) is 0 Å². The second-order valence-corrected chi connectivity index (χ2v) is 6.10. The van der Waals surface area contributed by atoms with Crippen LogP contribution in [-0.2, 0) is 23.1 Å². The molecule has 0 aliphatic heterocycles. The molecule has 0 bridgehead atoms. The fraction of sp³-hybridized carbons (Fsp3) is 0.412. The Morgan fingerprint density at radius 1 is 1.27 bits per heavy atom. The average Bonchev–Trinajstić information content (AvgIpc) is 2.80. The first-order chi connectivity index (χ1) is 10.2. The van der Waals surface area contributed by atoms with E-state index in [2.05, 4.69) is 0 Å². The van der Waals surface area contributed by atoms with E-state index in [1.807, 2.05) is 42.1 Å². The Balaban J connectivity index is 2.12. The van der Waals surface area contributed by atoms with Crippen molar-refractivity contribution in [2.75, 3.05) is 7.05 Å². The number of rotatable bonds is 5. The van der Waals surface area contributed by atoms with Crippen LogP contribution in [0, 0.1) is 0 Å². The molecule has 0 radical (unpaired) electrons. The van der Waals surface area contributed by atoms with Gasteiger partial charge in [-0.15, -0.1) is 0 Å². The topological polar surface area (TPSA) is 62.5 Å². The van der Waals surface area contributed by atoms with Gasteiger partial charge in [0.05, 0.1) is 0 Å². The summed E-state index contributed by atoms with van der Waals surface area (Å²) < 4.78 is 2.04. The second-order valence-electron chi connectivity index (χ2n) is 6.10. The molecule has 2 aromatic rings. The third-order valence-corrected chi connectivity index (χ3v) is 4.32. The summed E-state index contributed by atoms with van der Waals surface area (Å²) in [5.74, 6) is -1.17. The first-order valence-electron chi connectivity index (χ1n) is 7.28. The highest BCUT2D eigenvalue weighted by molar-refractivity contribution is 5.87. The summed E-state index contributed by atoms with van der Waals surface area (Å²) in [7, 11) is 3.52. The first-order valence-corrected chi connectivity index (χ1v) is 7.28. The predicted molar refractivity (Wildman–Crippen MR) is 85.7 cm³/mol. The molecule has 0 atom stereocenters. The van der Waals surface area contributed by atoms with Crippen molar-refractivity contribution < 1.29 is 14.7 Å². The Labute approximate surface area is 130 Å². The highest BCUT2D eigenvalue weighted by Gasteiger charge is 2.34. The number of aryl methyl sites for hydroxylation is 2. The standard InChI is InChI=1S/C17H22N2O3/c1-17(2,16(21)22)19(4)15(20)10-9-12-11-18(3)14-8-6-5-7-13(12)14/h5-8,11H,9-10H2,1-4H3,(H,21,22). The van der Waals surface area contributed by atoms with Gasteiger partial charge in [-0.25, -0.2) is 4.79 Å². The van der Waals surface area contributed by atoms with Crippen molar-refractivity contribution in [1.29, 1.82) is 0 Å². The number of para-hydroxylation sites is 1. The van der Waals surface area contributed by atoms with Gasteiger partial charge < -0.3 is 14.6 Å². The summed E-state index contributed by atoms with van der Waals surface area (Å²) in [5.41, 5.74) is 1.03. The number of carboxylic acids is 1. The molecule has 5 heteroatoms. The van der Waals surface area contributed by atoms with E-state index >= 15 is 0 Å². The molecule has 1 heterocycles. The zero-order valence-corrected chi connectivity index (χ0v) is 13.5. The number of aliphatic carboxylic acids is 1. The molecule has 0 saturated carbocycles. The molecule has 1 amide bonds. The van der Waals surface area contributed by atoms with E-state index in [0.717, 1.165) is 16.5 Å². The van der Waals surface area contributed by atoms with Gasteiger partial charge in [0, 0.05) is 37.6 Å². The van der Waals surface area contributed by atoms with Gasteiger partial charge in [-0.2, -0.15) is 0 Å². The molecule has 1 aromatic carbocycles. The van der Waals surface area contributed by atoms with Gasteiger partial charge in [0.1, 0.15) is 5.54 Å². The fourth-order valence-electron chi connectivity index (χ4n) is 2.49. The largest absolute Gasteiger partial charge is 0.480 e. The number of fused-ring (bicyclic) bond motifs is 1. The minimum atomic E-state index is -1.20. The van der Waals surface area contributed by atoms with Crippen LogP contribution in [-0.4, -0.2) is 39.0 Å². The van der Waals surface area contributed by atoms with E-state index in [9.17, 15) is 14.7 Å². The van der Waals surface area contributed by atoms with E-state index < -0.39 is 11.5 Å². The minimum Gasteiger partial charge on any atom is -0.480 e. The van der Waals surface area contributed by atoms with Gasteiger partial charge in [-0.1, -0.05) is 18.2 Å². The number of carboxylic acid groups (broad SMARTS) is 1. The third kappa shape index (κ3) is 2.84. The zero-order valence-electron chi connectivity index (χ0n) is 13.5. The quantitative estimate of drug-likeness (QED) is 0.922. The molecular formula is C17H22N2O3. The molecule has 0 saturated heterocycles. The minimum absolute atomic E-state index is 0.166. The normalized spacial score (nSPS) is 11.6. The average molecular weight is 302 g/mol. The highest BCUT2D eigenvalue weighted by Crippen LogP contribution is 2.22. The molecule has 1 N–H and O–H groups in total. The van der Waals surface area contributed by atoms with Crippen molar-refractivity contribution in [3.63, 3.8) is 0 Å². The number of hydrogen-bond donors (Lipinski definition) is 1. The van der Waals surface area contributed by atoms with Gasteiger partial charge in [0.25, 0.3) is 0 Å². The van der Waals surface area contributed by atoms with Crippen LogP contribution in [0.5, 0.6) is 0 Å². The van der Waals surface area contributed by atoms with Crippen molar-refractivity contribution in [3.05, 3.63) is 36.0 Å². The molecule has 118 valence electrons. The number of nitrogens with zero attached hydrogens (tertiary/aromatic N) is 2. The van der Waals surface area contributed by atoms with Crippen molar-refractivity contribution in [2.24, 2.45) is 7.05 Å². The molecule has 5 nitrogen and oxygen atoms in total. The Hall–Kier alpha value is -2.30. The summed E-state index contributed by atoms with van der Waals surface area (Å²) in [6, 6.07) is 8.05. The highest BCUT2D eigenvalue weighted by atomic mass is 16.4. The van der Waals surface area contributed by atoms with Crippen LogP contribution in [0.4, 0.5) is 0 Å². The second kappa shape index (κ2) is 5.83. The van der Waals surface area contributed by atoms with Crippen LogP contribution < -0.4 is 0 Å². The Bertz CT molecular complexity index is 716. The number of hydrogen-bond acceptors (Lipinski definition) is 2. The monoisotopic (exact) mass is 302 g/mol. The maximum absolute atomic E-state index is 12.3. The number of benzene rings is 1. The molecule has 0 spiro atoms. The van der Waals surface area contributed by atoms with Crippen molar-refractivity contribution in [3.8, 4) is 0 Å². The van der Waals surface area contributed by atoms with Crippen LogP contribution in [0.1, 0.15) is 25.8 Å². The van der Waals surface area contributed by atoms with Crippen molar-refractivity contribution >= 4 is 22.8 Å². The van der Waals surface area contributed by atoms with E-state index in [-0.39, 0.29) is 5.91 Å². The molecule has 1 aromatic heterocycles. The Kier molecular flexibility index (Phi) is 4.26. The molecule has 2 rings (SSSR count). The lowest BCUT2D eigenvalue weighted by atomic mass is 10.0. The van der Waals surface area contributed by atoms with Gasteiger partial charge in [-0.3, -0.25) is 4.79 Å². The number of carbonyl (C=O) groups is 2. The fourth-order valence-corrected chi connectivity index (χ4v) is 2.49. The van der Waals surface area contributed by atoms with E-state index in [1.54, 1.807) is 7.05 Å². The van der Waals surface area contributed by atoms with E-state index in [0.29, 0.717) is 12.8 Å². The lowest BCUT2D eigenvalue weighted by Crippen LogP contribution is -2.50. The van der Waals surface area contributed by atoms with Crippen LogP contribution in [0.15, 0.2) is 30.5 Å². The van der Waals surface area contributed by atoms with Crippen LogP contribution in [0.25, 0.3) is 10.9 Å². The molecule has 22 heavy (non-hydrogen) atoms. The molecule has 0 fully saturated rings. The van der Waals surface area contributed by atoms with Gasteiger partial charge in [0.2, 0.25) is 5.91 Å². The van der Waals surface area contributed by atoms with Crippen molar-refractivity contribution in [1.82, 2.24) is 9.47 Å². The van der Waals surface area contributed by atoms with E-state index in [1.165, 1.54) is 18.7 Å². The smallest absolute Gasteiger partial charge is 0.329 e. The maximum atomic E-state index is 12.3. The lowest BCUT2D eigenvalue weighted by molar-refractivity contribution is -0.155. The Morgan fingerprint density at radius 2 is 1.91 bits per heavy atom. The Morgan fingerprint density at radius 3 is 2.55 bits per heavy atom. The van der Waals surface area contributed by atoms with Gasteiger partial charge >= 0.3 is 5.97 Å². The van der Waals surface area contributed by atoms with Gasteiger partial charge in [-0.05, 0) is 31.9 Å². The molecule has 0 unspecified atom stereocenters. The number of aromatic nitrogens is 1. The lowest BCUT2D eigenvalue weighted by Gasteiger charge is -2.31. The summed E-state index contributed by atoms with van der Waals surface area (Å²) in [6.07, 6.45) is 2.92. The number of amides is 1. The summed E-state index contributed by atoms with van der Waals surface area (Å²) in [6.45, 7) is 3.07. The first kappa shape index (κ1) is 16.1. The van der Waals surface area contributed by atoms with Crippen molar-refractivity contribution in [2.45, 2.75) is 32.2 Å². The summed E-state index contributed by atoms with van der Waals surface area (Å²) in [5, 5.41) is 10.3. The molecular weight excluding hydrogens is 280 g/mol. The maximum Gasteiger partial charge on any atom is 0.329 e. The number of likely N-dealkylation sites (N-methyl/N-ethyl adjacent to an activating group) is 1. The van der Waals surface area contributed by atoms with E-state index in [4.69, 9.17) is 0 Å². The van der Waals surface area contributed by atoms with Crippen LogP contribution >= 0.6 is 0 Å².